The van der Waals surface area contributed by atoms with Crippen LogP contribution < -0.4 is 5.32 Å². The van der Waals surface area contributed by atoms with Crippen LogP contribution in [0.25, 0.3) is 0 Å². The minimum atomic E-state index is 0.350. The summed E-state index contributed by atoms with van der Waals surface area (Å²) >= 11 is 4.46. The molecular formula is C14H15N5S3. The molecule has 0 aliphatic heterocycles. The van der Waals surface area contributed by atoms with E-state index in [4.69, 9.17) is 0 Å². The van der Waals surface area contributed by atoms with Crippen molar-refractivity contribution in [3.63, 3.8) is 0 Å². The SMILES string of the molecule is CC(C)c1nsc(Sc2nnc(NCc3ccccc3)s2)n1. The van der Waals surface area contributed by atoms with Gasteiger partial charge in [0.2, 0.25) is 5.13 Å². The third-order valence-electron chi connectivity index (χ3n) is 2.81. The van der Waals surface area contributed by atoms with Gasteiger partial charge in [-0.3, -0.25) is 0 Å². The molecule has 1 aromatic carbocycles. The van der Waals surface area contributed by atoms with Crippen LogP contribution in [-0.4, -0.2) is 19.6 Å². The first-order valence-electron chi connectivity index (χ1n) is 6.83. The molecule has 114 valence electrons. The van der Waals surface area contributed by atoms with Gasteiger partial charge in [-0.05, 0) is 28.9 Å². The van der Waals surface area contributed by atoms with Crippen LogP contribution >= 0.6 is 34.6 Å². The van der Waals surface area contributed by atoms with Gasteiger partial charge in [-0.1, -0.05) is 55.5 Å². The highest BCUT2D eigenvalue weighted by Crippen LogP contribution is 2.33. The Hall–Kier alpha value is -1.51. The molecule has 0 atom stereocenters. The van der Waals surface area contributed by atoms with Crippen LogP contribution in [0.5, 0.6) is 0 Å². The number of anilines is 1. The van der Waals surface area contributed by atoms with Gasteiger partial charge in [-0.25, -0.2) is 4.98 Å². The first-order valence-corrected chi connectivity index (χ1v) is 9.24. The zero-order valence-corrected chi connectivity index (χ0v) is 14.6. The predicted molar refractivity (Wildman–Crippen MR) is 91.8 cm³/mol. The van der Waals surface area contributed by atoms with Crippen molar-refractivity contribution in [3.8, 4) is 0 Å². The second-order valence-corrected chi connectivity index (χ2v) is 8.11. The Morgan fingerprint density at radius 1 is 1.14 bits per heavy atom. The highest BCUT2D eigenvalue weighted by atomic mass is 32.2. The maximum absolute atomic E-state index is 4.50. The number of nitrogens with zero attached hydrogens (tertiary/aromatic N) is 4. The lowest BCUT2D eigenvalue weighted by molar-refractivity contribution is 0.789. The Balaban J connectivity index is 1.58. The fourth-order valence-electron chi connectivity index (χ4n) is 1.67. The molecule has 5 nitrogen and oxygen atoms in total. The molecular weight excluding hydrogens is 334 g/mol. The number of benzene rings is 1. The Morgan fingerprint density at radius 3 is 2.68 bits per heavy atom. The standard InChI is InChI=1S/C14H15N5S3/c1-9(2)11-16-13(22-19-11)21-14-18-17-12(20-14)15-8-10-6-4-3-5-7-10/h3-7,9H,8H2,1-2H3,(H,15,17). The quantitative estimate of drug-likeness (QED) is 0.717. The van der Waals surface area contributed by atoms with Gasteiger partial charge in [0.05, 0.1) is 0 Å². The van der Waals surface area contributed by atoms with E-state index in [1.54, 1.807) is 0 Å². The third kappa shape index (κ3) is 4.02. The molecule has 0 radical (unpaired) electrons. The van der Waals surface area contributed by atoms with Crippen LogP contribution in [0.1, 0.15) is 31.2 Å². The second-order valence-electron chi connectivity index (χ2n) is 4.89. The summed E-state index contributed by atoms with van der Waals surface area (Å²) in [5.41, 5.74) is 1.22. The van der Waals surface area contributed by atoms with Gasteiger partial charge in [0.1, 0.15) is 5.82 Å². The monoisotopic (exact) mass is 349 g/mol. The molecule has 0 aliphatic carbocycles. The van der Waals surface area contributed by atoms with Crippen molar-refractivity contribution >= 4 is 39.8 Å². The average molecular weight is 350 g/mol. The van der Waals surface area contributed by atoms with Gasteiger partial charge in [0.25, 0.3) is 0 Å². The van der Waals surface area contributed by atoms with E-state index < -0.39 is 0 Å². The highest BCUT2D eigenvalue weighted by Gasteiger charge is 2.12. The maximum atomic E-state index is 4.50. The van der Waals surface area contributed by atoms with Crippen LogP contribution in [0.15, 0.2) is 39.0 Å². The number of hydrogen-bond donors (Lipinski definition) is 1. The normalized spacial score (nSPS) is 11.0. The zero-order chi connectivity index (χ0) is 15.4. The summed E-state index contributed by atoms with van der Waals surface area (Å²) in [5, 5.41) is 12.5. The van der Waals surface area contributed by atoms with E-state index >= 15 is 0 Å². The first kappa shape index (κ1) is 15.4. The molecule has 8 heteroatoms. The largest absolute Gasteiger partial charge is 0.356 e. The summed E-state index contributed by atoms with van der Waals surface area (Å²) in [6.07, 6.45) is 0. The molecule has 22 heavy (non-hydrogen) atoms. The van der Waals surface area contributed by atoms with Crippen LogP contribution in [0.2, 0.25) is 0 Å². The summed E-state index contributed by atoms with van der Waals surface area (Å²) in [5.74, 6) is 1.24. The minimum Gasteiger partial charge on any atom is -0.356 e. The van der Waals surface area contributed by atoms with E-state index in [0.29, 0.717) is 5.92 Å². The Labute approximate surface area is 141 Å². The summed E-state index contributed by atoms with van der Waals surface area (Å²) in [6, 6.07) is 10.2. The van der Waals surface area contributed by atoms with Gasteiger partial charge in [0.15, 0.2) is 8.68 Å². The topological polar surface area (TPSA) is 63.6 Å². The Bertz CT molecular complexity index is 723. The van der Waals surface area contributed by atoms with E-state index in [1.165, 1.54) is 40.2 Å². The van der Waals surface area contributed by atoms with E-state index in [0.717, 1.165) is 26.2 Å². The molecule has 0 fully saturated rings. The van der Waals surface area contributed by atoms with Gasteiger partial charge in [-0.15, -0.1) is 10.2 Å². The van der Waals surface area contributed by atoms with Crippen molar-refractivity contribution in [2.45, 2.75) is 35.0 Å². The van der Waals surface area contributed by atoms with E-state index in [1.807, 2.05) is 18.2 Å². The number of hydrogen-bond acceptors (Lipinski definition) is 8. The van der Waals surface area contributed by atoms with Gasteiger partial charge < -0.3 is 5.32 Å². The number of aromatic nitrogens is 4. The third-order valence-corrected chi connectivity index (χ3v) is 5.50. The lowest BCUT2D eigenvalue weighted by Gasteiger charge is -2.00. The molecule has 0 saturated heterocycles. The van der Waals surface area contributed by atoms with Gasteiger partial charge in [-0.2, -0.15) is 4.37 Å². The molecule has 0 amide bonds. The predicted octanol–water partition coefficient (Wildman–Crippen LogP) is 4.28. The number of rotatable bonds is 6. The van der Waals surface area contributed by atoms with Crippen LogP contribution in [0, 0.1) is 0 Å². The van der Waals surface area contributed by atoms with Crippen molar-refractivity contribution in [3.05, 3.63) is 41.7 Å². The Morgan fingerprint density at radius 2 is 1.95 bits per heavy atom. The van der Waals surface area contributed by atoms with Crippen LogP contribution in [0.4, 0.5) is 5.13 Å². The summed E-state index contributed by atoms with van der Waals surface area (Å²) in [4.78, 5) is 4.50. The van der Waals surface area contributed by atoms with Crippen molar-refractivity contribution in [1.29, 1.82) is 0 Å². The minimum absolute atomic E-state index is 0.350. The van der Waals surface area contributed by atoms with Gasteiger partial charge in [0, 0.05) is 12.5 Å². The molecule has 0 spiro atoms. The zero-order valence-electron chi connectivity index (χ0n) is 12.2. The van der Waals surface area contributed by atoms with Crippen molar-refractivity contribution < 1.29 is 0 Å². The second kappa shape index (κ2) is 7.17. The van der Waals surface area contributed by atoms with Gasteiger partial charge >= 0.3 is 0 Å². The fourth-order valence-corrected chi connectivity index (χ4v) is 4.36. The lowest BCUT2D eigenvalue weighted by atomic mass is 10.2. The highest BCUT2D eigenvalue weighted by molar-refractivity contribution is 8.02. The molecule has 3 rings (SSSR count). The smallest absolute Gasteiger partial charge is 0.206 e. The van der Waals surface area contributed by atoms with E-state index in [2.05, 4.69) is 50.9 Å². The summed E-state index contributed by atoms with van der Waals surface area (Å²) in [6.45, 7) is 4.93. The molecule has 0 aliphatic rings. The average Bonchev–Trinajstić information content (AvgIpc) is 3.16. The van der Waals surface area contributed by atoms with E-state index in [-0.39, 0.29) is 0 Å². The van der Waals surface area contributed by atoms with Crippen LogP contribution in [0.3, 0.4) is 0 Å². The van der Waals surface area contributed by atoms with E-state index in [9.17, 15) is 0 Å². The maximum Gasteiger partial charge on any atom is 0.206 e. The molecule has 1 N–H and O–H groups in total. The van der Waals surface area contributed by atoms with Crippen molar-refractivity contribution in [1.82, 2.24) is 19.6 Å². The Kier molecular flexibility index (Phi) is 5.01. The van der Waals surface area contributed by atoms with Crippen molar-refractivity contribution in [2.75, 3.05) is 5.32 Å². The molecule has 2 heterocycles. The lowest BCUT2D eigenvalue weighted by Crippen LogP contribution is -1.98. The molecule has 0 unspecified atom stereocenters. The fraction of sp³-hybridized carbons (Fsp3) is 0.286. The molecule has 2 aromatic heterocycles. The van der Waals surface area contributed by atoms with Crippen LogP contribution in [-0.2, 0) is 6.54 Å². The molecule has 0 saturated carbocycles. The summed E-state index contributed by atoms with van der Waals surface area (Å²) < 4.78 is 6.13. The van der Waals surface area contributed by atoms with Crippen molar-refractivity contribution in [2.24, 2.45) is 0 Å². The number of nitrogens with one attached hydrogen (secondary N) is 1. The first-order chi connectivity index (χ1) is 10.7. The molecule has 0 bridgehead atoms. The molecule has 3 aromatic rings. The summed E-state index contributed by atoms with van der Waals surface area (Å²) in [7, 11) is 0.